The summed E-state index contributed by atoms with van der Waals surface area (Å²) in [6.07, 6.45) is -46.8. The van der Waals surface area contributed by atoms with Gasteiger partial charge in [0.15, 0.2) is 25.2 Å². The van der Waals surface area contributed by atoms with E-state index in [4.69, 9.17) is 66.7 Å². The normalized spacial score (nSPS) is 47.6. The summed E-state index contributed by atoms with van der Waals surface area (Å²) >= 11 is 0. The molecule has 0 aromatic rings. The van der Waals surface area contributed by atoms with Gasteiger partial charge in [0.25, 0.3) is 0 Å². The number of aliphatic hydroxyl groups is 17. The fourth-order valence-corrected chi connectivity index (χ4v) is 15.3. The number of carboxylic acids is 1. The average Bonchev–Trinajstić information content (AvgIpc) is 0.769. The summed E-state index contributed by atoms with van der Waals surface area (Å²) < 4.78 is 77.0. The molecule has 5 saturated heterocycles. The summed E-state index contributed by atoms with van der Waals surface area (Å²) in [4.78, 5) is 62.9. The van der Waals surface area contributed by atoms with Crippen molar-refractivity contribution in [2.45, 2.75) is 306 Å². The molecule has 0 radical (unpaired) electrons. The Morgan fingerprint density at radius 3 is 1.19 bits per heavy atom. The van der Waals surface area contributed by atoms with Crippen molar-refractivity contribution in [3.05, 3.63) is 0 Å². The lowest BCUT2D eigenvalue weighted by atomic mass is 9.72. The number of ether oxygens (including phenoxy) is 13. The van der Waals surface area contributed by atoms with Crippen LogP contribution in [0.5, 0.6) is 0 Å². The van der Waals surface area contributed by atoms with Crippen LogP contribution in [-0.4, -0.2) is 338 Å². The number of rotatable bonds is 22. The maximum absolute atomic E-state index is 13.8. The summed E-state index contributed by atoms with van der Waals surface area (Å²) in [6, 6.07) is 0. The van der Waals surface area contributed by atoms with Crippen LogP contribution in [0.15, 0.2) is 0 Å². The van der Waals surface area contributed by atoms with Crippen molar-refractivity contribution in [2.24, 2.45) is 29.6 Å². The van der Waals surface area contributed by atoms with Gasteiger partial charge in [-0.05, 0) is 102 Å². The van der Waals surface area contributed by atoms with Gasteiger partial charge in [0.2, 0.25) is 0 Å². The van der Waals surface area contributed by atoms with Crippen molar-refractivity contribution in [2.75, 3.05) is 26.4 Å². The summed E-state index contributed by atoms with van der Waals surface area (Å²) in [5, 5.41) is 196. The number of aliphatic carboxylic acids is 1. The Kier molecular flexibility index (Phi) is 27.1. The summed E-state index contributed by atoms with van der Waals surface area (Å²) in [5.41, 5.74) is 0. The molecule has 10 fully saturated rings. The fourth-order valence-electron chi connectivity index (χ4n) is 15.3. The van der Waals surface area contributed by atoms with E-state index in [1.165, 1.54) is 0 Å². The molecule has 10 aliphatic rings. The molecule has 0 spiro atoms. The van der Waals surface area contributed by atoms with Crippen LogP contribution in [0.1, 0.15) is 116 Å². The molecule has 5 heterocycles. The van der Waals surface area contributed by atoms with Crippen molar-refractivity contribution < 1.29 is 177 Å². The van der Waals surface area contributed by atoms with Crippen LogP contribution in [0.2, 0.25) is 0 Å². The quantitative estimate of drug-likeness (QED) is 0.0272. The van der Waals surface area contributed by atoms with E-state index in [1.807, 2.05) is 0 Å². The van der Waals surface area contributed by atoms with Crippen molar-refractivity contribution >= 4 is 29.8 Å². The molecule has 8 unspecified atom stereocenters. The van der Waals surface area contributed by atoms with Crippen molar-refractivity contribution in [1.29, 1.82) is 0 Å². The zero-order chi connectivity index (χ0) is 71.4. The minimum absolute atomic E-state index is 0.135. The highest BCUT2D eigenvalue weighted by Gasteiger charge is 2.57. The second-order valence-electron chi connectivity index (χ2n) is 28.3. The van der Waals surface area contributed by atoms with Crippen LogP contribution >= 0.6 is 0 Å². The second kappa shape index (κ2) is 34.5. The summed E-state index contributed by atoms with van der Waals surface area (Å²) in [5.74, 6) is -8.30. The lowest BCUT2D eigenvalue weighted by molar-refractivity contribution is -0.375. The molecule has 0 amide bonds. The monoisotopic (exact) mass is 1430 g/mol. The third kappa shape index (κ3) is 18.9. The Labute approximate surface area is 567 Å². The van der Waals surface area contributed by atoms with Gasteiger partial charge in [-0.2, -0.15) is 0 Å². The van der Waals surface area contributed by atoms with E-state index in [9.17, 15) is 111 Å². The molecule has 0 aromatic heterocycles. The first-order chi connectivity index (χ1) is 47.0. The number of aliphatic hydroxyl groups excluding tert-OH is 17. The number of fused-ring (bicyclic) bond motifs is 1. The molecule has 36 nitrogen and oxygen atoms in total. The molecule has 99 heavy (non-hydrogen) atoms. The van der Waals surface area contributed by atoms with Gasteiger partial charge >= 0.3 is 29.8 Å². The molecule has 5 saturated carbocycles. The molecule has 5 aliphatic heterocycles. The Balaban J connectivity index is 0.813. The Bertz CT molecular complexity index is 2610. The lowest BCUT2D eigenvalue weighted by Crippen LogP contribution is -2.65. The van der Waals surface area contributed by atoms with Crippen molar-refractivity contribution in [1.82, 2.24) is 0 Å². The predicted octanol–water partition coefficient (Wildman–Crippen LogP) is -7.24. The lowest BCUT2D eigenvalue weighted by Gasteiger charge is -2.52. The fraction of sp³-hybridized carbons (Fsp3) is 0.921. The molecule has 36 heteroatoms. The second-order valence-corrected chi connectivity index (χ2v) is 28.3. The minimum Gasteiger partial charge on any atom is -0.481 e. The van der Waals surface area contributed by atoms with E-state index in [1.54, 1.807) is 0 Å². The molecule has 10 rings (SSSR count). The molecule has 5 aliphatic carbocycles. The zero-order valence-electron chi connectivity index (χ0n) is 54.2. The topological polar surface area (TPSA) is 569 Å². The van der Waals surface area contributed by atoms with E-state index < -0.39 is 282 Å². The number of hydrogen-bond acceptors (Lipinski definition) is 35. The van der Waals surface area contributed by atoms with Gasteiger partial charge in [0.05, 0.1) is 78.8 Å². The van der Waals surface area contributed by atoms with E-state index in [0.717, 1.165) is 0 Å². The first kappa shape index (κ1) is 77.9. The highest BCUT2D eigenvalue weighted by atomic mass is 16.8. The van der Waals surface area contributed by atoms with Gasteiger partial charge in [-0.1, -0.05) is 0 Å². The maximum atomic E-state index is 13.8. The van der Waals surface area contributed by atoms with E-state index >= 15 is 0 Å². The van der Waals surface area contributed by atoms with Crippen molar-refractivity contribution in [3.63, 3.8) is 0 Å². The van der Waals surface area contributed by atoms with Crippen molar-refractivity contribution in [3.8, 4) is 0 Å². The van der Waals surface area contributed by atoms with Gasteiger partial charge in [0.1, 0.15) is 137 Å². The Hall–Kier alpha value is -3.69. The number of esters is 4. The number of hydrogen-bond donors (Lipinski definition) is 18. The van der Waals surface area contributed by atoms with Gasteiger partial charge in [-0.25, -0.2) is 0 Å². The van der Waals surface area contributed by atoms with Crippen LogP contribution in [0.25, 0.3) is 0 Å². The highest BCUT2D eigenvalue weighted by Crippen LogP contribution is 2.46. The SMILES string of the molecule is O=C(O)CC(=O)OC[C@H]1O[C@@H](OC2CC3C(O)CC(O[C@@H]4O[C@H](COC(=O)C5CCC(O[C@@H]6O[C@H](COC(=O)C7CCC(O)CC7)[C@@H](O)[C@H](O)[C@H]6O)CC5)[C@@H](O)[C@H](O)[C@H]4O[C@@H]4O[C@H](COC(=O)C5CCC(O)CC5)[C@@H](O)[C@H](O)[C@H]4O)CC3OC2C2CC(O)C(O)C(O)C2)[C@H](O)[C@@H](O)[C@@H]1O. The smallest absolute Gasteiger partial charge is 0.317 e. The molecular formula is C63H98O36. The number of carbonyl (C=O) groups is 5. The first-order valence-corrected chi connectivity index (χ1v) is 34.4. The van der Waals surface area contributed by atoms with E-state index in [-0.39, 0.29) is 57.8 Å². The molecule has 28 atom stereocenters. The van der Waals surface area contributed by atoms with E-state index in [2.05, 4.69) is 0 Å². The Morgan fingerprint density at radius 1 is 0.343 bits per heavy atom. The van der Waals surface area contributed by atoms with Crippen LogP contribution in [0.4, 0.5) is 0 Å². The maximum Gasteiger partial charge on any atom is 0.317 e. The largest absolute Gasteiger partial charge is 0.481 e. The Morgan fingerprint density at radius 2 is 0.737 bits per heavy atom. The van der Waals surface area contributed by atoms with Crippen LogP contribution < -0.4 is 0 Å². The minimum atomic E-state index is -2.09. The van der Waals surface area contributed by atoms with Crippen LogP contribution in [0.3, 0.4) is 0 Å². The average molecular weight is 1430 g/mol. The standard InChI is InChI=1S/C63H98O36/c64-27-7-1-23(2-8-27)57(84)88-20-38-45(74)48(77)52(81)60(95-38)91-29-11-5-25(6-12-29)59(86)90-22-40-47(76)51(80)56(99-62-54(83)50(79)46(75)39(97-62)21-89-58(85)24-3-9-28(65)10-4-24)63(98-40)92-30-15-32(66)31-17-36(55(93-35(31)16-30)26-13-33(67)43(72)34(68)14-26)94-61-53(82)49(78)44(73)37(96-61)19-87-42(71)18-41(69)70/h23-40,43-56,60-68,72-83H,1-22H2,(H,69,70)/t23?,24?,25?,26?,27?,28?,29?,30?,31?,32?,33?,34?,35?,36?,37-,38-,39-,40-,43?,44-,45-,46-,47-,48+,49+,50+,51+,52-,53-,54-,55?,56-,60-,61-,62+,63-/m1/s1. The molecular weight excluding hydrogens is 1330 g/mol. The number of carbonyl (C=O) groups excluding carboxylic acids is 4. The third-order valence-electron chi connectivity index (χ3n) is 21.4. The van der Waals surface area contributed by atoms with Gasteiger partial charge in [-0.3, -0.25) is 24.0 Å². The predicted molar refractivity (Wildman–Crippen MR) is 317 cm³/mol. The number of carboxylic acid groups (broad SMARTS) is 1. The molecule has 18 N–H and O–H groups in total. The van der Waals surface area contributed by atoms with Gasteiger partial charge < -0.3 is 153 Å². The summed E-state index contributed by atoms with van der Waals surface area (Å²) in [7, 11) is 0. The zero-order valence-corrected chi connectivity index (χ0v) is 54.2. The molecule has 566 valence electrons. The first-order valence-electron chi connectivity index (χ1n) is 34.4. The van der Waals surface area contributed by atoms with E-state index in [0.29, 0.717) is 51.4 Å². The molecule has 0 bridgehead atoms. The van der Waals surface area contributed by atoms with Gasteiger partial charge in [0, 0.05) is 18.8 Å². The highest BCUT2D eigenvalue weighted by molar-refractivity contribution is 5.90. The summed E-state index contributed by atoms with van der Waals surface area (Å²) in [6.45, 7) is -2.66. The van der Waals surface area contributed by atoms with Gasteiger partial charge in [-0.15, -0.1) is 0 Å². The van der Waals surface area contributed by atoms with Crippen LogP contribution in [0, 0.1) is 29.6 Å². The molecule has 0 aromatic carbocycles. The third-order valence-corrected chi connectivity index (χ3v) is 21.4. The van der Waals surface area contributed by atoms with Crippen LogP contribution in [-0.2, 0) is 85.6 Å².